The minimum Gasteiger partial charge on any atom is -0.508 e. The van der Waals surface area contributed by atoms with Crippen molar-refractivity contribution in [2.75, 3.05) is 31.1 Å². The molecule has 1 saturated carbocycles. The van der Waals surface area contributed by atoms with Crippen LogP contribution in [0.2, 0.25) is 0 Å². The number of carbonyl (C=O) groups is 1. The number of hydrogen-bond donors (Lipinski definition) is 1. The van der Waals surface area contributed by atoms with Gasteiger partial charge in [-0.15, -0.1) is 0 Å². The molecule has 0 bridgehead atoms. The van der Waals surface area contributed by atoms with Gasteiger partial charge in [-0.1, -0.05) is 31.0 Å². The van der Waals surface area contributed by atoms with Crippen molar-refractivity contribution in [2.24, 2.45) is 0 Å². The van der Waals surface area contributed by atoms with E-state index < -0.39 is 5.41 Å². The Labute approximate surface area is 159 Å². The molecule has 0 atom stereocenters. The molecule has 5 heteroatoms. The third-order valence-electron chi connectivity index (χ3n) is 6.03. The van der Waals surface area contributed by atoms with Gasteiger partial charge in [0.2, 0.25) is 5.91 Å². The number of rotatable bonds is 3. The number of hydrogen-bond acceptors (Lipinski definition) is 3. The number of phenolic OH excluding ortho intramolecular Hbond substituents is 1. The first-order valence-corrected chi connectivity index (χ1v) is 9.68. The normalized spacial score (nSPS) is 19.3. The van der Waals surface area contributed by atoms with Gasteiger partial charge in [-0.25, -0.2) is 4.39 Å². The van der Waals surface area contributed by atoms with Crippen molar-refractivity contribution < 1.29 is 14.3 Å². The SMILES string of the molecule is O=C(N1CCN(c2cccc(O)c2)CC1)C1(c2ccc(F)cc2)CCCC1. The highest BCUT2D eigenvalue weighted by atomic mass is 19.1. The predicted octanol–water partition coefficient (Wildman–Crippen LogP) is 3.69. The molecule has 4 rings (SSSR count). The van der Waals surface area contributed by atoms with E-state index in [1.54, 1.807) is 24.3 Å². The number of amides is 1. The van der Waals surface area contributed by atoms with Crippen LogP contribution in [0.5, 0.6) is 5.75 Å². The highest BCUT2D eigenvalue weighted by Gasteiger charge is 2.45. The zero-order valence-corrected chi connectivity index (χ0v) is 15.4. The van der Waals surface area contributed by atoms with Crippen molar-refractivity contribution in [1.82, 2.24) is 4.90 Å². The molecule has 0 spiro atoms. The van der Waals surface area contributed by atoms with E-state index in [4.69, 9.17) is 0 Å². The van der Waals surface area contributed by atoms with Crippen LogP contribution in [0.3, 0.4) is 0 Å². The smallest absolute Gasteiger partial charge is 0.233 e. The van der Waals surface area contributed by atoms with Crippen molar-refractivity contribution >= 4 is 11.6 Å². The summed E-state index contributed by atoms with van der Waals surface area (Å²) in [5, 5.41) is 9.69. The minimum absolute atomic E-state index is 0.183. The van der Waals surface area contributed by atoms with Crippen LogP contribution in [0.4, 0.5) is 10.1 Å². The van der Waals surface area contributed by atoms with Gasteiger partial charge in [0.1, 0.15) is 11.6 Å². The Morgan fingerprint density at radius 2 is 1.63 bits per heavy atom. The molecule has 1 aliphatic heterocycles. The Bertz CT molecular complexity index is 807. The van der Waals surface area contributed by atoms with Crippen molar-refractivity contribution in [3.05, 3.63) is 59.9 Å². The van der Waals surface area contributed by atoms with Crippen molar-refractivity contribution in [2.45, 2.75) is 31.1 Å². The predicted molar refractivity (Wildman–Crippen MR) is 103 cm³/mol. The summed E-state index contributed by atoms with van der Waals surface area (Å²) in [6.07, 6.45) is 3.74. The molecule has 1 aliphatic carbocycles. The molecule has 1 saturated heterocycles. The van der Waals surface area contributed by atoms with Gasteiger partial charge < -0.3 is 14.9 Å². The van der Waals surface area contributed by atoms with Gasteiger partial charge in [0.15, 0.2) is 0 Å². The van der Waals surface area contributed by atoms with Crippen LogP contribution in [0, 0.1) is 5.82 Å². The molecule has 2 aromatic carbocycles. The second-order valence-electron chi connectivity index (χ2n) is 7.60. The molecule has 0 radical (unpaired) electrons. The molecule has 2 fully saturated rings. The van der Waals surface area contributed by atoms with Gasteiger partial charge in [0.05, 0.1) is 5.41 Å². The maximum absolute atomic E-state index is 13.5. The van der Waals surface area contributed by atoms with Crippen LogP contribution in [-0.4, -0.2) is 42.1 Å². The molecule has 0 aromatic heterocycles. The standard InChI is InChI=1S/C22H25FN2O2/c23-18-8-6-17(7-9-18)22(10-1-2-11-22)21(27)25-14-12-24(13-15-25)19-4-3-5-20(26)16-19/h3-9,16,26H,1-2,10-15H2. The Kier molecular flexibility index (Phi) is 4.77. The molecule has 2 aromatic rings. The van der Waals surface area contributed by atoms with Crippen LogP contribution in [0.1, 0.15) is 31.2 Å². The van der Waals surface area contributed by atoms with E-state index in [1.807, 2.05) is 17.0 Å². The summed E-state index contributed by atoms with van der Waals surface area (Å²) in [5.74, 6) is 0.175. The Morgan fingerprint density at radius 3 is 2.26 bits per heavy atom. The van der Waals surface area contributed by atoms with Crippen LogP contribution >= 0.6 is 0 Å². The zero-order chi connectivity index (χ0) is 18.9. The molecule has 1 amide bonds. The number of phenols is 1. The average Bonchev–Trinajstić information content (AvgIpc) is 3.19. The van der Waals surface area contributed by atoms with E-state index >= 15 is 0 Å². The maximum Gasteiger partial charge on any atom is 0.233 e. The van der Waals surface area contributed by atoms with Crippen LogP contribution in [-0.2, 0) is 10.2 Å². The van der Waals surface area contributed by atoms with Crippen LogP contribution < -0.4 is 4.90 Å². The molecule has 1 N–H and O–H groups in total. The van der Waals surface area contributed by atoms with Gasteiger partial charge in [-0.3, -0.25) is 4.79 Å². The maximum atomic E-state index is 13.5. The molecule has 142 valence electrons. The van der Waals surface area contributed by atoms with Gasteiger partial charge >= 0.3 is 0 Å². The van der Waals surface area contributed by atoms with Crippen molar-refractivity contribution in [1.29, 1.82) is 0 Å². The number of carbonyl (C=O) groups excluding carboxylic acids is 1. The molecule has 0 unspecified atom stereocenters. The van der Waals surface area contributed by atoms with E-state index in [0.717, 1.165) is 50.0 Å². The number of piperazine rings is 1. The first kappa shape index (κ1) is 17.8. The number of aromatic hydroxyl groups is 1. The van der Waals surface area contributed by atoms with Crippen LogP contribution in [0.15, 0.2) is 48.5 Å². The third kappa shape index (κ3) is 3.38. The highest BCUT2D eigenvalue weighted by molar-refractivity contribution is 5.89. The summed E-state index contributed by atoms with van der Waals surface area (Å²) >= 11 is 0. The Balaban J connectivity index is 1.50. The number of nitrogens with zero attached hydrogens (tertiary/aromatic N) is 2. The summed E-state index contributed by atoms with van der Waals surface area (Å²) in [7, 11) is 0. The lowest BCUT2D eigenvalue weighted by atomic mass is 9.77. The van der Waals surface area contributed by atoms with Gasteiger partial charge in [0.25, 0.3) is 0 Å². The van der Waals surface area contributed by atoms with E-state index in [1.165, 1.54) is 12.1 Å². The van der Waals surface area contributed by atoms with E-state index in [9.17, 15) is 14.3 Å². The van der Waals surface area contributed by atoms with Crippen molar-refractivity contribution in [3.8, 4) is 5.75 Å². The lowest BCUT2D eigenvalue weighted by Crippen LogP contribution is -2.54. The van der Waals surface area contributed by atoms with Gasteiger partial charge in [-0.2, -0.15) is 0 Å². The lowest BCUT2D eigenvalue weighted by Gasteiger charge is -2.40. The van der Waals surface area contributed by atoms with Gasteiger partial charge in [0, 0.05) is 37.9 Å². The summed E-state index contributed by atoms with van der Waals surface area (Å²) in [4.78, 5) is 17.6. The largest absolute Gasteiger partial charge is 0.508 e. The average molecular weight is 368 g/mol. The number of anilines is 1. The lowest BCUT2D eigenvalue weighted by molar-refractivity contribution is -0.137. The van der Waals surface area contributed by atoms with E-state index in [2.05, 4.69) is 4.90 Å². The third-order valence-corrected chi connectivity index (χ3v) is 6.03. The quantitative estimate of drug-likeness (QED) is 0.899. The fourth-order valence-corrected chi connectivity index (χ4v) is 4.53. The Hall–Kier alpha value is -2.56. The first-order chi connectivity index (χ1) is 13.1. The van der Waals surface area contributed by atoms with E-state index in [0.29, 0.717) is 13.1 Å². The zero-order valence-electron chi connectivity index (χ0n) is 15.4. The molecular formula is C22H25FN2O2. The fourth-order valence-electron chi connectivity index (χ4n) is 4.53. The molecular weight excluding hydrogens is 343 g/mol. The van der Waals surface area contributed by atoms with E-state index in [-0.39, 0.29) is 17.5 Å². The second kappa shape index (κ2) is 7.22. The second-order valence-corrected chi connectivity index (χ2v) is 7.60. The summed E-state index contributed by atoms with van der Waals surface area (Å²) in [6, 6.07) is 13.7. The summed E-state index contributed by atoms with van der Waals surface area (Å²) < 4.78 is 13.4. The molecule has 4 nitrogen and oxygen atoms in total. The minimum atomic E-state index is -0.499. The number of halogens is 1. The monoisotopic (exact) mass is 368 g/mol. The topological polar surface area (TPSA) is 43.8 Å². The fraction of sp³-hybridized carbons (Fsp3) is 0.409. The Morgan fingerprint density at radius 1 is 0.963 bits per heavy atom. The molecule has 2 aliphatic rings. The molecule has 1 heterocycles. The highest BCUT2D eigenvalue weighted by Crippen LogP contribution is 2.43. The molecule has 27 heavy (non-hydrogen) atoms. The van der Waals surface area contributed by atoms with Gasteiger partial charge in [-0.05, 0) is 42.7 Å². The van der Waals surface area contributed by atoms with Crippen molar-refractivity contribution in [3.63, 3.8) is 0 Å². The van der Waals surface area contributed by atoms with Crippen LogP contribution in [0.25, 0.3) is 0 Å². The summed E-state index contributed by atoms with van der Waals surface area (Å²) in [5.41, 5.74) is 1.43. The summed E-state index contributed by atoms with van der Waals surface area (Å²) in [6.45, 7) is 2.82. The number of benzene rings is 2. The first-order valence-electron chi connectivity index (χ1n) is 9.68.